The molecule has 0 bridgehead atoms. The highest BCUT2D eigenvalue weighted by Crippen LogP contribution is 2.24. The average Bonchev–Trinajstić information content (AvgIpc) is 3.15. The number of aryl methyl sites for hydroxylation is 1. The maximum absolute atomic E-state index is 13.6. The molecule has 0 aliphatic carbocycles. The predicted molar refractivity (Wildman–Crippen MR) is 210 cm³/mol. The van der Waals surface area contributed by atoms with Gasteiger partial charge >= 0.3 is 0 Å². The topological polar surface area (TPSA) is 169 Å². The van der Waals surface area contributed by atoms with Crippen LogP contribution >= 0.6 is 0 Å². The quantitative estimate of drug-likeness (QED) is 0.0447. The van der Waals surface area contributed by atoms with Crippen LogP contribution < -0.4 is 0 Å². The molecular weight excluding hydrogens is 721 g/mol. The molecule has 6 N–H and O–H groups in total. The minimum atomic E-state index is -2.80. The monoisotopic (exact) mass is 793 g/mol. The third-order valence-corrected chi connectivity index (χ3v) is 12.3. The molecule has 1 aromatic rings. The van der Waals surface area contributed by atoms with Gasteiger partial charge in [0.1, 0.15) is 36.6 Å². The van der Waals surface area contributed by atoms with E-state index in [1.54, 1.807) is 6.07 Å². The Bertz CT molecular complexity index is 1230. The van der Waals surface area contributed by atoms with Crippen LogP contribution in [0.2, 0.25) is 0 Å². The number of nitrogens with zero attached hydrogens (tertiary/aromatic N) is 1. The number of halogens is 2. The first-order valence-corrected chi connectivity index (χ1v) is 22.9. The van der Waals surface area contributed by atoms with E-state index in [4.69, 9.17) is 9.47 Å². The lowest BCUT2D eigenvalue weighted by Gasteiger charge is -2.40. The standard InChI is InChI=1S/C41H73F2NO9S/c1-3-4-5-6-7-8-9-10-11-15-18-21-24-35(46)37(47)34(30-52-41-40(50)39(49)38(48)36(29-45)53-41)44-54(2,51)27-22-19-16-13-12-14-17-20-23-31-25-26-32(42)33(43)28-31/h25-26,28,34-41,45-50H,3-24,27,29-30H2,1-2H3/t34-,35+,36?,37-,38?,39?,40?,41?,54?/m0/s1. The molecule has 0 aromatic heterocycles. The number of ether oxygens (including phenoxy) is 2. The summed E-state index contributed by atoms with van der Waals surface area (Å²) in [6.07, 6.45) is 14.1. The zero-order valence-electron chi connectivity index (χ0n) is 33.0. The van der Waals surface area contributed by atoms with Gasteiger partial charge in [-0.2, -0.15) is 0 Å². The summed E-state index contributed by atoms with van der Waals surface area (Å²) in [4.78, 5) is 0. The summed E-state index contributed by atoms with van der Waals surface area (Å²) in [6, 6.07) is 2.92. The molecule has 0 radical (unpaired) electrons. The van der Waals surface area contributed by atoms with E-state index < -0.39 is 76.9 Å². The van der Waals surface area contributed by atoms with Crippen LogP contribution in [0.3, 0.4) is 0 Å². The molecule has 0 spiro atoms. The molecule has 2 rings (SSSR count). The van der Waals surface area contributed by atoms with Gasteiger partial charge in [-0.05, 0) is 43.4 Å². The van der Waals surface area contributed by atoms with Gasteiger partial charge in [-0.15, -0.1) is 0 Å². The van der Waals surface area contributed by atoms with Gasteiger partial charge in [0.05, 0.1) is 19.3 Å². The summed E-state index contributed by atoms with van der Waals surface area (Å²) in [5, 5.41) is 62.4. The maximum Gasteiger partial charge on any atom is 0.186 e. The van der Waals surface area contributed by atoms with Crippen molar-refractivity contribution in [2.75, 3.05) is 25.2 Å². The van der Waals surface area contributed by atoms with Crippen molar-refractivity contribution in [3.8, 4) is 0 Å². The zero-order valence-corrected chi connectivity index (χ0v) is 33.9. The number of benzene rings is 1. The molecule has 6 unspecified atom stereocenters. The van der Waals surface area contributed by atoms with Crippen LogP contribution in [0.25, 0.3) is 0 Å². The van der Waals surface area contributed by atoms with E-state index in [2.05, 4.69) is 11.3 Å². The molecule has 1 heterocycles. The fourth-order valence-electron chi connectivity index (χ4n) is 7.01. The van der Waals surface area contributed by atoms with Gasteiger partial charge in [0, 0.05) is 21.7 Å². The van der Waals surface area contributed by atoms with E-state index >= 15 is 0 Å². The van der Waals surface area contributed by atoms with Crippen molar-refractivity contribution in [2.45, 2.75) is 197 Å². The molecule has 9 atom stereocenters. The van der Waals surface area contributed by atoms with E-state index in [0.717, 1.165) is 75.8 Å². The van der Waals surface area contributed by atoms with Gasteiger partial charge in [0.2, 0.25) is 0 Å². The molecule has 316 valence electrons. The van der Waals surface area contributed by atoms with Crippen molar-refractivity contribution in [1.82, 2.24) is 0 Å². The Kier molecular flexibility index (Phi) is 25.5. The van der Waals surface area contributed by atoms with Crippen LogP contribution in [0.4, 0.5) is 8.78 Å². The summed E-state index contributed by atoms with van der Waals surface area (Å²) < 4.78 is 55.7. The van der Waals surface area contributed by atoms with Crippen LogP contribution in [0, 0.1) is 11.6 Å². The van der Waals surface area contributed by atoms with E-state index in [-0.39, 0.29) is 6.61 Å². The normalized spacial score (nSPS) is 23.2. The summed E-state index contributed by atoms with van der Waals surface area (Å²) in [6.45, 7) is 1.23. The lowest BCUT2D eigenvalue weighted by molar-refractivity contribution is -0.302. The zero-order chi connectivity index (χ0) is 39.8. The van der Waals surface area contributed by atoms with Gasteiger partial charge in [-0.3, -0.25) is 4.21 Å². The van der Waals surface area contributed by atoms with Crippen molar-refractivity contribution in [3.05, 3.63) is 35.4 Å². The Balaban J connectivity index is 1.81. The number of hydrogen-bond donors (Lipinski definition) is 6. The van der Waals surface area contributed by atoms with Crippen LogP contribution in [0.1, 0.15) is 147 Å². The molecule has 1 aromatic carbocycles. The predicted octanol–water partition coefficient (Wildman–Crippen LogP) is 6.72. The maximum atomic E-state index is 13.6. The summed E-state index contributed by atoms with van der Waals surface area (Å²) in [5.74, 6) is -1.35. The van der Waals surface area contributed by atoms with Crippen molar-refractivity contribution in [2.24, 2.45) is 4.36 Å². The lowest BCUT2D eigenvalue weighted by atomic mass is 9.99. The molecule has 10 nitrogen and oxygen atoms in total. The number of unbranched alkanes of at least 4 members (excludes halogenated alkanes) is 18. The minimum absolute atomic E-state index is 0.291. The minimum Gasteiger partial charge on any atom is -0.394 e. The van der Waals surface area contributed by atoms with Gasteiger partial charge < -0.3 is 40.1 Å². The first-order chi connectivity index (χ1) is 25.9. The largest absolute Gasteiger partial charge is 0.394 e. The lowest BCUT2D eigenvalue weighted by Crippen LogP contribution is -2.59. The van der Waals surface area contributed by atoms with Crippen molar-refractivity contribution >= 4 is 9.73 Å². The smallest absolute Gasteiger partial charge is 0.186 e. The third kappa shape index (κ3) is 19.7. The van der Waals surface area contributed by atoms with Crippen molar-refractivity contribution in [3.63, 3.8) is 0 Å². The number of aliphatic hydroxyl groups is 6. The van der Waals surface area contributed by atoms with Crippen LogP contribution in [-0.2, 0) is 25.6 Å². The van der Waals surface area contributed by atoms with Gasteiger partial charge in [0.15, 0.2) is 17.9 Å². The SMILES string of the molecule is CCCCCCCCCCCCCC[C@@H](O)[C@@H](O)[C@H](COC1OC(CO)C(O)C(O)C1O)N=S(C)(=O)CCCCCCCCCCc1ccc(F)c(F)c1. The highest BCUT2D eigenvalue weighted by Gasteiger charge is 2.44. The third-order valence-electron chi connectivity index (χ3n) is 10.5. The number of rotatable bonds is 31. The van der Waals surface area contributed by atoms with E-state index in [9.17, 15) is 43.6 Å². The average molecular weight is 794 g/mol. The Morgan fingerprint density at radius 2 is 1.30 bits per heavy atom. The number of aliphatic hydroxyl groups excluding tert-OH is 6. The fraction of sp³-hybridized carbons (Fsp3) is 0.854. The molecule has 0 saturated carbocycles. The van der Waals surface area contributed by atoms with Crippen molar-refractivity contribution < 1.29 is 53.1 Å². The van der Waals surface area contributed by atoms with Crippen LogP contribution in [0.5, 0.6) is 0 Å². The molecule has 1 aliphatic heterocycles. The second kappa shape index (κ2) is 28.2. The summed E-state index contributed by atoms with van der Waals surface area (Å²) in [7, 11) is -2.80. The van der Waals surface area contributed by atoms with Crippen LogP contribution in [-0.4, -0.2) is 109 Å². The molecule has 0 amide bonds. The first-order valence-electron chi connectivity index (χ1n) is 20.8. The van der Waals surface area contributed by atoms with E-state index in [0.29, 0.717) is 31.4 Å². The summed E-state index contributed by atoms with van der Waals surface area (Å²) in [5.41, 5.74) is 0.798. The van der Waals surface area contributed by atoms with Crippen LogP contribution in [0.15, 0.2) is 22.6 Å². The first kappa shape index (κ1) is 48.9. The highest BCUT2D eigenvalue weighted by atomic mass is 32.2. The van der Waals surface area contributed by atoms with Crippen molar-refractivity contribution in [1.29, 1.82) is 0 Å². The van der Waals surface area contributed by atoms with Gasteiger partial charge in [-0.25, -0.2) is 13.1 Å². The van der Waals surface area contributed by atoms with E-state index in [1.165, 1.54) is 63.7 Å². The molecule has 1 saturated heterocycles. The Hall–Kier alpha value is -1.29. The number of hydrogen-bond acceptors (Lipinski definition) is 10. The fourth-order valence-corrected chi connectivity index (χ4v) is 8.61. The Morgan fingerprint density at radius 1 is 0.759 bits per heavy atom. The molecule has 13 heteroatoms. The molecule has 1 fully saturated rings. The second-order valence-corrected chi connectivity index (χ2v) is 18.0. The van der Waals surface area contributed by atoms with Gasteiger partial charge in [0.25, 0.3) is 0 Å². The van der Waals surface area contributed by atoms with Gasteiger partial charge in [-0.1, -0.05) is 129 Å². The second-order valence-electron chi connectivity index (χ2n) is 15.4. The Labute approximate surface area is 324 Å². The summed E-state index contributed by atoms with van der Waals surface area (Å²) >= 11 is 0. The molecular formula is C41H73F2NO9S. The highest BCUT2D eigenvalue weighted by molar-refractivity contribution is 7.92. The molecule has 54 heavy (non-hydrogen) atoms. The van der Waals surface area contributed by atoms with E-state index in [1.807, 2.05) is 0 Å². The Morgan fingerprint density at radius 3 is 1.85 bits per heavy atom. The molecule has 1 aliphatic rings.